The second-order valence-electron chi connectivity index (χ2n) is 1.85. The Hall–Kier alpha value is -0.186. The maximum absolute atomic E-state index is 8.45. The van der Waals surface area contributed by atoms with Gasteiger partial charge in [-0.25, -0.2) is 0 Å². The van der Waals surface area contributed by atoms with E-state index in [-0.39, 0.29) is 32.7 Å². The molecule has 0 aliphatic carbocycles. The van der Waals surface area contributed by atoms with Gasteiger partial charge in [0.2, 0.25) is 0 Å². The zero-order chi connectivity index (χ0) is 6.69. The van der Waals surface area contributed by atoms with Gasteiger partial charge in [0.05, 0.1) is 6.07 Å². The van der Waals surface area contributed by atoms with Crippen molar-refractivity contribution < 1.29 is 32.7 Å². The van der Waals surface area contributed by atoms with Crippen molar-refractivity contribution >= 4 is 0 Å². The van der Waals surface area contributed by atoms with Crippen LogP contribution in [0.2, 0.25) is 0 Å². The summed E-state index contributed by atoms with van der Waals surface area (Å²) >= 11 is 0. The first-order valence-electron chi connectivity index (χ1n) is 2.71. The number of nitrogens with zero attached hydrogens (tertiary/aromatic N) is 1. The molecule has 0 saturated heterocycles. The number of nitriles is 1. The Morgan fingerprint density at radius 3 is 2.70 bits per heavy atom. The molecule has 0 aliphatic heterocycles. The summed E-state index contributed by atoms with van der Waals surface area (Å²) in [7, 11) is 0. The molecule has 10 heavy (non-hydrogen) atoms. The molecule has 0 spiro atoms. The molecule has 2 heteroatoms. The predicted octanol–water partition coefficient (Wildman–Crippen LogP) is 1.66. The first-order valence-corrected chi connectivity index (χ1v) is 2.71. The van der Waals surface area contributed by atoms with Crippen molar-refractivity contribution in [2.45, 2.75) is 6.92 Å². The van der Waals surface area contributed by atoms with Crippen molar-refractivity contribution in [2.75, 3.05) is 0 Å². The van der Waals surface area contributed by atoms with Gasteiger partial charge in [-0.1, -0.05) is 12.5 Å². The number of aryl methyl sites for hydroxylation is 1. The SMILES string of the molecule is Cc1c[c-]ccc1C#N.[Y]. The summed E-state index contributed by atoms with van der Waals surface area (Å²) < 4.78 is 0. The molecule has 1 aromatic rings. The average Bonchev–Trinajstić information content (AvgIpc) is 1.89. The monoisotopic (exact) mass is 205 g/mol. The first kappa shape index (κ1) is 9.81. The molecular weight excluding hydrogens is 199 g/mol. The van der Waals surface area contributed by atoms with Crippen LogP contribution in [0.4, 0.5) is 0 Å². The Morgan fingerprint density at radius 2 is 2.30 bits per heavy atom. The normalized spacial score (nSPS) is 7.60. The van der Waals surface area contributed by atoms with Crippen molar-refractivity contribution in [3.05, 3.63) is 35.4 Å². The van der Waals surface area contributed by atoms with E-state index in [1.807, 2.05) is 6.92 Å². The van der Waals surface area contributed by atoms with Crippen molar-refractivity contribution in [2.24, 2.45) is 0 Å². The quantitative estimate of drug-likeness (QED) is 0.591. The van der Waals surface area contributed by atoms with Gasteiger partial charge < -0.3 is 0 Å². The second-order valence-corrected chi connectivity index (χ2v) is 1.85. The topological polar surface area (TPSA) is 23.8 Å². The van der Waals surface area contributed by atoms with Crippen molar-refractivity contribution in [1.29, 1.82) is 5.26 Å². The third-order valence-corrected chi connectivity index (χ3v) is 1.19. The summed E-state index contributed by atoms with van der Waals surface area (Å²) in [5.41, 5.74) is 1.72. The number of hydrogen-bond acceptors (Lipinski definition) is 1. The fourth-order valence-electron chi connectivity index (χ4n) is 0.639. The molecule has 1 radical (unpaired) electrons. The Bertz CT molecular complexity index is 250. The summed E-state index contributed by atoms with van der Waals surface area (Å²) in [4.78, 5) is 0. The third kappa shape index (κ3) is 2.21. The van der Waals surface area contributed by atoms with Crippen molar-refractivity contribution in [1.82, 2.24) is 0 Å². The van der Waals surface area contributed by atoms with Gasteiger partial charge in [0.15, 0.2) is 0 Å². The molecule has 0 amide bonds. The molecule has 1 rings (SSSR count). The third-order valence-electron chi connectivity index (χ3n) is 1.19. The Morgan fingerprint density at radius 1 is 1.60 bits per heavy atom. The molecule has 0 unspecified atom stereocenters. The van der Waals surface area contributed by atoms with Crippen LogP contribution in [0.5, 0.6) is 0 Å². The number of hydrogen-bond donors (Lipinski definition) is 0. The van der Waals surface area contributed by atoms with Gasteiger partial charge >= 0.3 is 0 Å². The van der Waals surface area contributed by atoms with Gasteiger partial charge in [-0.2, -0.15) is 29.5 Å². The van der Waals surface area contributed by atoms with Crippen molar-refractivity contribution in [3.63, 3.8) is 0 Å². The largest absolute Gasteiger partial charge is 0.195 e. The van der Waals surface area contributed by atoms with E-state index in [2.05, 4.69) is 12.1 Å². The standard InChI is InChI=1S/C8H6N.Y/c1-7-4-2-3-5-8(7)6-9;/h3-5H,1H3;/q-1;. The number of rotatable bonds is 0. The van der Waals surface area contributed by atoms with E-state index in [0.717, 1.165) is 11.1 Å². The number of benzene rings is 1. The Balaban J connectivity index is 0.000000810. The smallest absolute Gasteiger partial charge is 0.0728 e. The molecule has 0 saturated carbocycles. The van der Waals surface area contributed by atoms with E-state index in [4.69, 9.17) is 5.26 Å². The van der Waals surface area contributed by atoms with Crippen LogP contribution in [0.15, 0.2) is 18.2 Å². The molecule has 0 aromatic heterocycles. The molecule has 0 N–H and O–H groups in total. The molecule has 0 bridgehead atoms. The molecule has 1 nitrogen and oxygen atoms in total. The van der Waals surface area contributed by atoms with E-state index >= 15 is 0 Å². The summed E-state index contributed by atoms with van der Waals surface area (Å²) in [5.74, 6) is 0. The van der Waals surface area contributed by atoms with Crippen LogP contribution in [0.1, 0.15) is 11.1 Å². The molecule has 1 aromatic carbocycles. The van der Waals surface area contributed by atoms with Crippen LogP contribution in [0.25, 0.3) is 0 Å². The molecule has 0 heterocycles. The fourth-order valence-corrected chi connectivity index (χ4v) is 0.639. The molecule has 47 valence electrons. The summed E-state index contributed by atoms with van der Waals surface area (Å²) in [5, 5.41) is 8.45. The minimum atomic E-state index is 0. The van der Waals surface area contributed by atoms with Crippen LogP contribution < -0.4 is 0 Å². The van der Waals surface area contributed by atoms with E-state index in [1.165, 1.54) is 0 Å². The predicted molar refractivity (Wildman–Crippen MR) is 34.7 cm³/mol. The van der Waals surface area contributed by atoms with Crippen LogP contribution in [0.3, 0.4) is 0 Å². The Labute approximate surface area is 85.9 Å². The van der Waals surface area contributed by atoms with Crippen LogP contribution >= 0.6 is 0 Å². The first-order chi connectivity index (χ1) is 4.34. The molecule has 0 atom stereocenters. The fraction of sp³-hybridized carbons (Fsp3) is 0.125. The van der Waals surface area contributed by atoms with Gasteiger partial charge in [0.25, 0.3) is 0 Å². The van der Waals surface area contributed by atoms with E-state index in [1.54, 1.807) is 18.2 Å². The molecule has 0 aliphatic rings. The summed E-state index contributed by atoms with van der Waals surface area (Å²) in [6.45, 7) is 1.90. The minimum Gasteiger partial charge on any atom is -0.195 e. The molecule has 0 fully saturated rings. The van der Waals surface area contributed by atoms with Gasteiger partial charge in [0.1, 0.15) is 0 Å². The Kier molecular flexibility index (Phi) is 4.52. The van der Waals surface area contributed by atoms with Gasteiger partial charge in [0, 0.05) is 32.7 Å². The van der Waals surface area contributed by atoms with E-state index in [0.29, 0.717) is 0 Å². The zero-order valence-electron chi connectivity index (χ0n) is 5.76. The van der Waals surface area contributed by atoms with Crippen LogP contribution in [-0.4, -0.2) is 0 Å². The van der Waals surface area contributed by atoms with Gasteiger partial charge in [-0.3, -0.25) is 0 Å². The average molecular weight is 205 g/mol. The van der Waals surface area contributed by atoms with Gasteiger partial charge in [-0.15, -0.1) is 5.56 Å². The zero-order valence-corrected chi connectivity index (χ0v) is 8.59. The minimum absolute atomic E-state index is 0. The second kappa shape index (κ2) is 4.60. The van der Waals surface area contributed by atoms with E-state index in [9.17, 15) is 0 Å². The maximum Gasteiger partial charge on any atom is 0.0728 e. The van der Waals surface area contributed by atoms with E-state index < -0.39 is 0 Å². The summed E-state index contributed by atoms with van der Waals surface area (Å²) in [6, 6.07) is 10.3. The summed E-state index contributed by atoms with van der Waals surface area (Å²) in [6.07, 6.45) is 0. The maximum atomic E-state index is 8.45. The molecular formula is C8H6NY-. The van der Waals surface area contributed by atoms with Crippen LogP contribution in [-0.2, 0) is 32.7 Å². The van der Waals surface area contributed by atoms with Gasteiger partial charge in [-0.05, 0) is 0 Å². The van der Waals surface area contributed by atoms with Crippen LogP contribution in [0, 0.1) is 24.3 Å². The van der Waals surface area contributed by atoms with Crippen molar-refractivity contribution in [3.8, 4) is 6.07 Å².